The van der Waals surface area contributed by atoms with Crippen LogP contribution in [-0.4, -0.2) is 33.7 Å². The van der Waals surface area contributed by atoms with Gasteiger partial charge in [-0.15, -0.1) is 0 Å². The van der Waals surface area contributed by atoms with Crippen molar-refractivity contribution in [2.75, 3.05) is 13.3 Å². The molecule has 0 heterocycles. The normalized spacial score (nSPS) is 24.3. The van der Waals surface area contributed by atoms with Gasteiger partial charge in [0.2, 0.25) is 0 Å². The van der Waals surface area contributed by atoms with Crippen molar-refractivity contribution < 1.29 is 18.3 Å². The van der Waals surface area contributed by atoms with Crippen LogP contribution in [-0.2, 0) is 14.0 Å². The summed E-state index contributed by atoms with van der Waals surface area (Å²) in [4.78, 5) is 11.8. The van der Waals surface area contributed by atoms with E-state index < -0.39 is 8.32 Å². The van der Waals surface area contributed by atoms with Gasteiger partial charge in [0, 0.05) is 12.2 Å². The van der Waals surface area contributed by atoms with E-state index in [9.17, 15) is 9.18 Å². The SMILES string of the molecule is C=C1/C(=C/C(=O)OCC)C[C@@H](O[Si](C)(C)C(C)(C)C)C[C@@H]1CCF. The highest BCUT2D eigenvalue weighted by molar-refractivity contribution is 6.74. The molecule has 0 aromatic rings. The van der Waals surface area contributed by atoms with E-state index in [0.717, 1.165) is 17.6 Å². The van der Waals surface area contributed by atoms with Crippen LogP contribution in [0.4, 0.5) is 4.39 Å². The maximum absolute atomic E-state index is 12.9. The summed E-state index contributed by atoms with van der Waals surface area (Å²) in [6, 6.07) is 0. The summed E-state index contributed by atoms with van der Waals surface area (Å²) in [6.45, 7) is 16.9. The van der Waals surface area contributed by atoms with Gasteiger partial charge in [0.05, 0.1) is 13.3 Å². The number of hydrogen-bond acceptors (Lipinski definition) is 3. The van der Waals surface area contributed by atoms with Crippen LogP contribution in [0.3, 0.4) is 0 Å². The lowest BCUT2D eigenvalue weighted by Crippen LogP contribution is -2.45. The Labute approximate surface area is 147 Å². The Morgan fingerprint density at radius 2 is 2.04 bits per heavy atom. The van der Waals surface area contributed by atoms with Crippen LogP contribution in [0.25, 0.3) is 0 Å². The van der Waals surface area contributed by atoms with E-state index in [4.69, 9.17) is 9.16 Å². The quantitative estimate of drug-likeness (QED) is 0.373. The molecular weight excluding hydrogens is 323 g/mol. The molecule has 0 aromatic carbocycles. The Morgan fingerprint density at radius 1 is 1.42 bits per heavy atom. The summed E-state index contributed by atoms with van der Waals surface area (Å²) in [6.07, 6.45) is 3.37. The van der Waals surface area contributed by atoms with Crippen molar-refractivity contribution in [2.45, 2.75) is 71.2 Å². The fraction of sp³-hybridized carbons (Fsp3) is 0.737. The largest absolute Gasteiger partial charge is 0.463 e. The zero-order chi connectivity index (χ0) is 18.5. The highest BCUT2D eigenvalue weighted by atomic mass is 28.4. The van der Waals surface area contributed by atoms with Gasteiger partial charge in [0.15, 0.2) is 8.32 Å². The molecule has 2 atom stereocenters. The molecule has 1 aliphatic carbocycles. The van der Waals surface area contributed by atoms with Gasteiger partial charge in [0.1, 0.15) is 0 Å². The summed E-state index contributed by atoms with van der Waals surface area (Å²) in [5, 5.41) is 0.113. The van der Waals surface area contributed by atoms with Crippen molar-refractivity contribution in [1.29, 1.82) is 0 Å². The van der Waals surface area contributed by atoms with Crippen molar-refractivity contribution in [2.24, 2.45) is 5.92 Å². The third-order valence-electron chi connectivity index (χ3n) is 5.20. The number of alkyl halides is 1. The number of rotatable bonds is 6. The van der Waals surface area contributed by atoms with E-state index in [1.807, 2.05) is 0 Å². The molecule has 0 N–H and O–H groups in total. The molecule has 5 heteroatoms. The molecule has 0 aliphatic heterocycles. The molecule has 0 amide bonds. The molecule has 138 valence electrons. The van der Waals surface area contributed by atoms with Gasteiger partial charge in [-0.2, -0.15) is 0 Å². The molecule has 0 spiro atoms. The minimum atomic E-state index is -1.92. The van der Waals surface area contributed by atoms with Gasteiger partial charge in [-0.25, -0.2) is 4.79 Å². The predicted octanol–water partition coefficient (Wildman–Crippen LogP) is 5.19. The van der Waals surface area contributed by atoms with Crippen molar-refractivity contribution in [3.05, 3.63) is 23.8 Å². The highest BCUT2D eigenvalue weighted by Crippen LogP contribution is 2.42. The Balaban J connectivity index is 2.99. The summed E-state index contributed by atoms with van der Waals surface area (Å²) in [7, 11) is -1.92. The van der Waals surface area contributed by atoms with Crippen LogP contribution in [0, 0.1) is 5.92 Å². The predicted molar refractivity (Wildman–Crippen MR) is 99.2 cm³/mol. The maximum Gasteiger partial charge on any atom is 0.331 e. The van der Waals surface area contributed by atoms with Crippen LogP contribution in [0.1, 0.15) is 47.0 Å². The number of esters is 1. The van der Waals surface area contributed by atoms with Crippen molar-refractivity contribution >= 4 is 14.3 Å². The second-order valence-corrected chi connectivity index (χ2v) is 12.8. The van der Waals surface area contributed by atoms with E-state index in [1.54, 1.807) is 6.92 Å². The molecule has 24 heavy (non-hydrogen) atoms. The van der Waals surface area contributed by atoms with E-state index in [-0.39, 0.29) is 29.7 Å². The Morgan fingerprint density at radius 3 is 2.54 bits per heavy atom. The van der Waals surface area contributed by atoms with Gasteiger partial charge in [-0.05, 0) is 61.4 Å². The van der Waals surface area contributed by atoms with Gasteiger partial charge in [-0.3, -0.25) is 4.39 Å². The van der Waals surface area contributed by atoms with Crippen molar-refractivity contribution in [1.82, 2.24) is 0 Å². The Kier molecular flexibility index (Phi) is 7.41. The van der Waals surface area contributed by atoms with Crippen LogP contribution >= 0.6 is 0 Å². The monoisotopic (exact) mass is 356 g/mol. The highest BCUT2D eigenvalue weighted by Gasteiger charge is 2.41. The molecule has 1 saturated carbocycles. The van der Waals surface area contributed by atoms with Crippen LogP contribution in [0.15, 0.2) is 23.8 Å². The second-order valence-electron chi connectivity index (χ2n) is 8.06. The second kappa shape index (κ2) is 8.43. The first-order valence-corrected chi connectivity index (χ1v) is 11.7. The van der Waals surface area contributed by atoms with E-state index in [0.29, 0.717) is 19.4 Å². The molecule has 0 radical (unpaired) electrons. The summed E-state index contributed by atoms with van der Waals surface area (Å²) < 4.78 is 24.5. The average molecular weight is 357 g/mol. The van der Waals surface area contributed by atoms with E-state index >= 15 is 0 Å². The maximum atomic E-state index is 12.9. The van der Waals surface area contributed by atoms with Crippen molar-refractivity contribution in [3.8, 4) is 0 Å². The molecular formula is C19H33FO3Si. The standard InChI is InChI=1S/C19H33FO3Si/c1-8-22-18(21)13-16-12-17(11-15(9-10-20)14(16)2)23-24(6,7)19(3,4)5/h13,15,17H,2,8-12H2,1,3-7H3/b16-13+/t15-,17-/m0/s1. The first kappa shape index (κ1) is 21.1. The molecule has 0 unspecified atom stereocenters. The third kappa shape index (κ3) is 5.55. The number of ether oxygens (including phenoxy) is 1. The zero-order valence-corrected chi connectivity index (χ0v) is 17.1. The first-order valence-electron chi connectivity index (χ1n) is 8.82. The van der Waals surface area contributed by atoms with Crippen LogP contribution in [0.2, 0.25) is 18.1 Å². The van der Waals surface area contributed by atoms with Gasteiger partial charge in [-0.1, -0.05) is 27.4 Å². The molecule has 1 rings (SSSR count). The fourth-order valence-corrected chi connectivity index (χ4v) is 4.13. The Bertz CT molecular complexity index is 491. The van der Waals surface area contributed by atoms with Gasteiger partial charge in [0.25, 0.3) is 0 Å². The lowest BCUT2D eigenvalue weighted by Gasteiger charge is -2.42. The lowest BCUT2D eigenvalue weighted by molar-refractivity contribution is -0.137. The summed E-state index contributed by atoms with van der Waals surface area (Å²) >= 11 is 0. The minimum absolute atomic E-state index is 0.00798. The number of hydrogen-bond donors (Lipinski definition) is 0. The first-order chi connectivity index (χ1) is 11.0. The molecule has 0 bridgehead atoms. The fourth-order valence-electron chi connectivity index (χ4n) is 2.77. The van der Waals surface area contributed by atoms with Gasteiger partial charge >= 0.3 is 5.97 Å². The Hall–Kier alpha value is -0.943. The molecule has 0 aromatic heterocycles. The molecule has 1 aliphatic rings. The van der Waals surface area contributed by atoms with Crippen molar-refractivity contribution in [3.63, 3.8) is 0 Å². The number of carbonyl (C=O) groups is 1. The number of halogens is 1. The zero-order valence-electron chi connectivity index (χ0n) is 16.1. The summed E-state index contributed by atoms with van der Waals surface area (Å²) in [5.41, 5.74) is 1.71. The van der Waals surface area contributed by atoms with Gasteiger partial charge < -0.3 is 9.16 Å². The number of allylic oxidation sites excluding steroid dienone is 1. The lowest BCUT2D eigenvalue weighted by atomic mass is 9.78. The van der Waals surface area contributed by atoms with Crippen LogP contribution in [0.5, 0.6) is 0 Å². The number of carbonyl (C=O) groups excluding carboxylic acids is 1. The van der Waals surface area contributed by atoms with Crippen LogP contribution < -0.4 is 0 Å². The van der Waals surface area contributed by atoms with E-state index in [2.05, 4.69) is 40.4 Å². The smallest absolute Gasteiger partial charge is 0.331 e. The molecule has 3 nitrogen and oxygen atoms in total. The minimum Gasteiger partial charge on any atom is -0.463 e. The third-order valence-corrected chi connectivity index (χ3v) is 9.74. The molecule has 0 saturated heterocycles. The average Bonchev–Trinajstić information content (AvgIpc) is 2.42. The summed E-state index contributed by atoms with van der Waals surface area (Å²) in [5.74, 6) is -0.334. The topological polar surface area (TPSA) is 35.5 Å². The van der Waals surface area contributed by atoms with E-state index in [1.165, 1.54) is 6.08 Å². The molecule has 1 fully saturated rings.